The number of carbonyl (C=O) groups excluding carboxylic acids is 4. The summed E-state index contributed by atoms with van der Waals surface area (Å²) in [5.41, 5.74) is 9.09. The second-order valence-corrected chi connectivity index (χ2v) is 11.2. The van der Waals surface area contributed by atoms with E-state index in [1.807, 2.05) is 36.1 Å². The summed E-state index contributed by atoms with van der Waals surface area (Å²) in [5.74, 6) is -0.655. The lowest BCUT2D eigenvalue weighted by molar-refractivity contribution is -0.144. The number of hydrogen-bond acceptors (Lipinski definition) is 5. The average molecular weight is 568 g/mol. The van der Waals surface area contributed by atoms with Crippen LogP contribution < -0.4 is 16.4 Å². The second-order valence-electron chi connectivity index (χ2n) is 10.8. The van der Waals surface area contributed by atoms with Crippen LogP contribution in [0.15, 0.2) is 42.5 Å². The molecule has 0 saturated carbocycles. The zero-order valence-electron chi connectivity index (χ0n) is 23.1. The van der Waals surface area contributed by atoms with Crippen LogP contribution in [0.5, 0.6) is 0 Å². The minimum absolute atomic E-state index is 0.0261. The van der Waals surface area contributed by atoms with E-state index in [0.29, 0.717) is 23.0 Å². The molecule has 2 aromatic carbocycles. The second kappa shape index (κ2) is 13.3. The number of likely N-dealkylation sites (tertiary alicyclic amines) is 1. The Morgan fingerprint density at radius 1 is 1.07 bits per heavy atom. The van der Waals surface area contributed by atoms with Crippen molar-refractivity contribution in [3.63, 3.8) is 0 Å². The van der Waals surface area contributed by atoms with Gasteiger partial charge in [-0.2, -0.15) is 0 Å². The predicted molar refractivity (Wildman–Crippen MR) is 154 cm³/mol. The molecule has 3 atom stereocenters. The van der Waals surface area contributed by atoms with Gasteiger partial charge in [-0.25, -0.2) is 0 Å². The lowest BCUT2D eigenvalue weighted by Gasteiger charge is -2.37. The number of nitrogens with zero attached hydrogens (tertiary/aromatic N) is 2. The number of halogens is 1. The molecular formula is C30H38ClN5O4. The van der Waals surface area contributed by atoms with Crippen LogP contribution in [-0.2, 0) is 32.1 Å². The Kier molecular flexibility index (Phi) is 9.81. The molecule has 4 N–H and O–H groups in total. The third kappa shape index (κ3) is 7.20. The van der Waals surface area contributed by atoms with Crippen LogP contribution in [0.3, 0.4) is 0 Å². The van der Waals surface area contributed by atoms with Crippen molar-refractivity contribution in [1.29, 1.82) is 0 Å². The fraction of sp³-hybridized carbons (Fsp3) is 0.467. The van der Waals surface area contributed by atoms with Gasteiger partial charge in [-0.15, -0.1) is 0 Å². The molecule has 2 aliphatic rings. The van der Waals surface area contributed by atoms with E-state index in [1.165, 1.54) is 4.90 Å². The smallest absolute Gasteiger partial charge is 0.246 e. The van der Waals surface area contributed by atoms with Gasteiger partial charge in [0.1, 0.15) is 12.1 Å². The minimum atomic E-state index is -0.888. The average Bonchev–Trinajstić information content (AvgIpc) is 3.38. The predicted octanol–water partition coefficient (Wildman–Crippen LogP) is 3.02. The number of rotatable bonds is 9. The van der Waals surface area contributed by atoms with Gasteiger partial charge < -0.3 is 26.2 Å². The number of fused-ring (bicyclic) bond motifs is 1. The van der Waals surface area contributed by atoms with Crippen molar-refractivity contribution in [3.05, 3.63) is 64.2 Å². The number of amides is 4. The number of benzene rings is 2. The highest BCUT2D eigenvalue weighted by Crippen LogP contribution is 2.25. The van der Waals surface area contributed by atoms with E-state index in [-0.39, 0.29) is 44.2 Å². The molecule has 2 aromatic rings. The van der Waals surface area contributed by atoms with Crippen LogP contribution in [-0.4, -0.2) is 65.1 Å². The highest BCUT2D eigenvalue weighted by Gasteiger charge is 2.36. The van der Waals surface area contributed by atoms with E-state index in [1.54, 1.807) is 18.2 Å². The summed E-state index contributed by atoms with van der Waals surface area (Å²) in [4.78, 5) is 56.2. The van der Waals surface area contributed by atoms with E-state index < -0.39 is 23.9 Å². The first-order valence-corrected chi connectivity index (χ1v) is 14.3. The first kappa shape index (κ1) is 29.6. The molecule has 4 rings (SSSR count). The van der Waals surface area contributed by atoms with Crippen LogP contribution in [0.25, 0.3) is 0 Å². The molecule has 10 heteroatoms. The van der Waals surface area contributed by atoms with Gasteiger partial charge in [0, 0.05) is 49.6 Å². The molecule has 0 aliphatic carbocycles. The summed E-state index contributed by atoms with van der Waals surface area (Å²) in [6, 6.07) is 11.1. The number of nitrogens with one attached hydrogen (secondary N) is 2. The summed E-state index contributed by atoms with van der Waals surface area (Å²) in [6.45, 7) is 5.83. The Bertz CT molecular complexity index is 1270. The first-order valence-electron chi connectivity index (χ1n) is 13.9. The van der Waals surface area contributed by atoms with E-state index in [4.69, 9.17) is 17.3 Å². The van der Waals surface area contributed by atoms with Crippen molar-refractivity contribution in [3.8, 4) is 0 Å². The molecule has 40 heavy (non-hydrogen) atoms. The van der Waals surface area contributed by atoms with Crippen LogP contribution in [0.4, 0.5) is 5.69 Å². The zero-order valence-corrected chi connectivity index (χ0v) is 23.9. The molecule has 4 amide bonds. The lowest BCUT2D eigenvalue weighted by Crippen LogP contribution is -2.56. The number of carbonyl (C=O) groups is 4. The summed E-state index contributed by atoms with van der Waals surface area (Å²) < 4.78 is 0. The van der Waals surface area contributed by atoms with E-state index in [9.17, 15) is 19.2 Å². The maximum atomic E-state index is 13.6. The molecule has 0 unspecified atom stereocenters. The molecule has 2 aliphatic heterocycles. The maximum Gasteiger partial charge on any atom is 0.246 e. The van der Waals surface area contributed by atoms with Gasteiger partial charge in [0.05, 0.1) is 0 Å². The van der Waals surface area contributed by atoms with Gasteiger partial charge >= 0.3 is 0 Å². The summed E-state index contributed by atoms with van der Waals surface area (Å²) in [6.07, 6.45) is 1.65. The zero-order chi connectivity index (χ0) is 28.8. The van der Waals surface area contributed by atoms with Crippen molar-refractivity contribution < 1.29 is 19.2 Å². The normalized spacial score (nSPS) is 19.1. The van der Waals surface area contributed by atoms with Gasteiger partial charge in [-0.05, 0) is 67.1 Å². The summed E-state index contributed by atoms with van der Waals surface area (Å²) >= 11 is 6.10. The highest BCUT2D eigenvalue weighted by molar-refractivity contribution is 6.31. The molecule has 0 spiro atoms. The Balaban J connectivity index is 1.46. The van der Waals surface area contributed by atoms with Crippen molar-refractivity contribution in [2.75, 3.05) is 25.0 Å². The quantitative estimate of drug-likeness (QED) is 0.429. The molecule has 0 aromatic heterocycles. The highest BCUT2D eigenvalue weighted by atomic mass is 35.5. The summed E-state index contributed by atoms with van der Waals surface area (Å²) in [5, 5.41) is 6.25. The number of aryl methyl sites for hydroxylation is 1. The lowest BCUT2D eigenvalue weighted by atomic mass is 9.92. The van der Waals surface area contributed by atoms with Crippen LogP contribution >= 0.6 is 11.6 Å². The number of anilines is 1. The minimum Gasteiger partial charge on any atom is -0.342 e. The Morgan fingerprint density at radius 2 is 1.80 bits per heavy atom. The van der Waals surface area contributed by atoms with Gasteiger partial charge in [-0.3, -0.25) is 19.2 Å². The Hall–Kier alpha value is -3.43. The monoisotopic (exact) mass is 567 g/mol. The SMILES string of the molecule is Cc1cc(NC(=O)[C@H](CCN)NC(=O)[C@@H]2Cc3ccccc3CN2C(=O)CCC(=O)N2CC[C@@H](C)C2)ccc1Cl. The molecule has 2 heterocycles. The van der Waals surface area contributed by atoms with Crippen molar-refractivity contribution >= 4 is 40.9 Å². The van der Waals surface area contributed by atoms with Gasteiger partial charge in [0.25, 0.3) is 0 Å². The molecular weight excluding hydrogens is 530 g/mol. The van der Waals surface area contributed by atoms with Gasteiger partial charge in [-0.1, -0.05) is 42.8 Å². The largest absolute Gasteiger partial charge is 0.342 e. The van der Waals surface area contributed by atoms with E-state index >= 15 is 0 Å². The van der Waals surface area contributed by atoms with Crippen LogP contribution in [0, 0.1) is 12.8 Å². The van der Waals surface area contributed by atoms with Crippen molar-refractivity contribution in [2.45, 2.75) is 64.6 Å². The van der Waals surface area contributed by atoms with Crippen LogP contribution in [0.1, 0.15) is 49.3 Å². The van der Waals surface area contributed by atoms with Crippen molar-refractivity contribution in [2.24, 2.45) is 11.7 Å². The molecule has 1 fully saturated rings. The van der Waals surface area contributed by atoms with Crippen molar-refractivity contribution in [1.82, 2.24) is 15.1 Å². The maximum absolute atomic E-state index is 13.6. The molecule has 0 bridgehead atoms. The topological polar surface area (TPSA) is 125 Å². The molecule has 1 saturated heterocycles. The standard InChI is InChI=1S/C30H38ClN5O4/c1-19-12-14-35(17-19)27(37)9-10-28(38)36-18-22-6-4-3-5-21(22)16-26(36)30(40)34-25(11-13-32)29(39)33-23-7-8-24(31)20(2)15-23/h3-8,15,19,25-26H,9-14,16-18,32H2,1-2H3,(H,33,39)(H,34,40)/t19-,25+,26+/m1/s1. The number of hydrogen-bond donors (Lipinski definition) is 3. The van der Waals surface area contributed by atoms with Gasteiger partial charge in [0.2, 0.25) is 23.6 Å². The fourth-order valence-corrected chi connectivity index (χ4v) is 5.47. The summed E-state index contributed by atoms with van der Waals surface area (Å²) in [7, 11) is 0. The number of nitrogens with two attached hydrogens (primary N) is 1. The van der Waals surface area contributed by atoms with E-state index in [0.717, 1.165) is 36.2 Å². The van der Waals surface area contributed by atoms with Crippen LogP contribution in [0.2, 0.25) is 5.02 Å². The third-order valence-corrected chi connectivity index (χ3v) is 8.14. The third-order valence-electron chi connectivity index (χ3n) is 7.71. The first-order chi connectivity index (χ1) is 19.2. The molecule has 0 radical (unpaired) electrons. The molecule has 214 valence electrons. The molecule has 9 nitrogen and oxygen atoms in total. The van der Waals surface area contributed by atoms with E-state index in [2.05, 4.69) is 17.6 Å². The Labute approximate surface area is 240 Å². The Morgan fingerprint density at radius 3 is 2.48 bits per heavy atom. The fourth-order valence-electron chi connectivity index (χ4n) is 5.35. The van der Waals surface area contributed by atoms with Gasteiger partial charge in [0.15, 0.2) is 0 Å².